The molecule has 0 saturated heterocycles. The molecule has 25 heavy (non-hydrogen) atoms. The van der Waals surface area contributed by atoms with E-state index in [1.54, 1.807) is 50.2 Å². The summed E-state index contributed by atoms with van der Waals surface area (Å²) in [5, 5.41) is 2.63. The van der Waals surface area contributed by atoms with E-state index >= 15 is 0 Å². The molecule has 0 spiro atoms. The van der Waals surface area contributed by atoms with Gasteiger partial charge in [0.25, 0.3) is 0 Å². The zero-order chi connectivity index (χ0) is 18.6. The smallest absolute Gasteiger partial charge is 0.241 e. The van der Waals surface area contributed by atoms with Gasteiger partial charge in [0.15, 0.2) is 0 Å². The summed E-state index contributed by atoms with van der Waals surface area (Å²) in [6.45, 7) is 5.02. The number of aryl methyl sites for hydroxylation is 3. The minimum atomic E-state index is -3.78. The van der Waals surface area contributed by atoms with E-state index in [4.69, 9.17) is 4.74 Å². The average molecular weight is 362 g/mol. The highest BCUT2D eigenvalue weighted by atomic mass is 32.2. The molecule has 2 aromatic rings. The van der Waals surface area contributed by atoms with E-state index in [2.05, 4.69) is 10.0 Å². The van der Waals surface area contributed by atoms with Gasteiger partial charge >= 0.3 is 0 Å². The van der Waals surface area contributed by atoms with E-state index < -0.39 is 15.9 Å². The van der Waals surface area contributed by atoms with E-state index in [-0.39, 0.29) is 11.4 Å². The molecule has 7 heteroatoms. The number of sulfonamides is 1. The molecule has 0 radical (unpaired) electrons. The molecule has 0 saturated carbocycles. The lowest BCUT2D eigenvalue weighted by Crippen LogP contribution is -2.33. The summed E-state index contributed by atoms with van der Waals surface area (Å²) in [4.78, 5) is 12.3. The van der Waals surface area contributed by atoms with Crippen LogP contribution in [0.4, 0.5) is 5.69 Å². The van der Waals surface area contributed by atoms with Gasteiger partial charge in [0, 0.05) is 0 Å². The predicted octanol–water partition coefficient (Wildman–Crippen LogP) is 2.54. The second kappa shape index (κ2) is 7.67. The Balaban J connectivity index is 2.11. The van der Waals surface area contributed by atoms with Crippen LogP contribution in [-0.4, -0.2) is 28.0 Å². The highest BCUT2D eigenvalue weighted by molar-refractivity contribution is 7.89. The molecule has 2 aromatic carbocycles. The van der Waals surface area contributed by atoms with E-state index in [1.807, 2.05) is 6.92 Å². The highest BCUT2D eigenvalue weighted by Crippen LogP contribution is 2.23. The number of rotatable bonds is 6. The third-order valence-electron chi connectivity index (χ3n) is 3.68. The number of benzene rings is 2. The van der Waals surface area contributed by atoms with Gasteiger partial charge in [0.1, 0.15) is 5.75 Å². The van der Waals surface area contributed by atoms with E-state index in [9.17, 15) is 13.2 Å². The normalized spacial score (nSPS) is 11.2. The largest absolute Gasteiger partial charge is 0.495 e. The zero-order valence-corrected chi connectivity index (χ0v) is 15.5. The first kappa shape index (κ1) is 19.0. The van der Waals surface area contributed by atoms with Gasteiger partial charge in [-0.1, -0.05) is 29.8 Å². The van der Waals surface area contributed by atoms with Gasteiger partial charge in [-0.3, -0.25) is 4.79 Å². The fraction of sp³-hybridized carbons (Fsp3) is 0.278. The molecule has 0 aromatic heterocycles. The Hall–Kier alpha value is -2.38. The molecule has 0 fully saturated rings. The number of methoxy groups -OCH3 is 1. The first-order valence-corrected chi connectivity index (χ1v) is 9.23. The molecule has 0 aliphatic heterocycles. The Kier molecular flexibility index (Phi) is 5.81. The molecule has 0 atom stereocenters. The van der Waals surface area contributed by atoms with Crippen LogP contribution in [0.2, 0.25) is 0 Å². The van der Waals surface area contributed by atoms with Crippen molar-refractivity contribution in [1.82, 2.24) is 4.72 Å². The lowest BCUT2D eigenvalue weighted by atomic mass is 10.1. The molecule has 2 N–H and O–H groups in total. The number of hydrogen-bond donors (Lipinski definition) is 2. The Morgan fingerprint density at radius 2 is 1.68 bits per heavy atom. The molecule has 6 nitrogen and oxygen atoms in total. The van der Waals surface area contributed by atoms with Crippen LogP contribution >= 0.6 is 0 Å². The van der Waals surface area contributed by atoms with Crippen LogP contribution in [0, 0.1) is 20.8 Å². The van der Waals surface area contributed by atoms with E-state index in [0.29, 0.717) is 22.6 Å². The second-order valence-corrected chi connectivity index (χ2v) is 7.50. The van der Waals surface area contributed by atoms with Crippen molar-refractivity contribution in [2.75, 3.05) is 19.0 Å². The monoisotopic (exact) mass is 362 g/mol. The van der Waals surface area contributed by atoms with Crippen molar-refractivity contribution in [2.24, 2.45) is 0 Å². The van der Waals surface area contributed by atoms with Crippen molar-refractivity contribution >= 4 is 21.6 Å². The summed E-state index contributed by atoms with van der Waals surface area (Å²) < 4.78 is 32.6. The maximum atomic E-state index is 12.5. The molecule has 0 aliphatic rings. The first-order chi connectivity index (χ1) is 11.7. The van der Waals surface area contributed by atoms with Crippen molar-refractivity contribution < 1.29 is 17.9 Å². The van der Waals surface area contributed by atoms with Crippen LogP contribution in [0.25, 0.3) is 0 Å². The number of carbonyl (C=O) groups excluding carboxylic acids is 1. The van der Waals surface area contributed by atoms with Crippen LogP contribution < -0.4 is 14.8 Å². The summed E-state index contributed by atoms with van der Waals surface area (Å²) in [5.74, 6) is 0.0272. The van der Waals surface area contributed by atoms with Crippen LogP contribution in [0.15, 0.2) is 41.3 Å². The third kappa shape index (κ3) is 4.58. The van der Waals surface area contributed by atoms with Crippen LogP contribution in [0.5, 0.6) is 5.75 Å². The molecule has 0 bridgehead atoms. The van der Waals surface area contributed by atoms with Gasteiger partial charge in [-0.25, -0.2) is 13.1 Å². The summed E-state index contributed by atoms with van der Waals surface area (Å²) in [7, 11) is -2.29. The fourth-order valence-electron chi connectivity index (χ4n) is 2.77. The Morgan fingerprint density at radius 1 is 1.08 bits per heavy atom. The molecule has 134 valence electrons. The molecule has 0 unspecified atom stereocenters. The standard InChI is InChI=1S/C18H22N2O4S/c1-12-9-13(2)18(14(3)10-12)25(22,23)19-11-17(21)20-15-7-5-6-8-16(15)24-4/h5-10,19H,11H2,1-4H3,(H,20,21). The summed E-state index contributed by atoms with van der Waals surface area (Å²) in [5.41, 5.74) is 2.77. The van der Waals surface area contributed by atoms with Gasteiger partial charge in [-0.2, -0.15) is 0 Å². The molecule has 0 heterocycles. The maximum Gasteiger partial charge on any atom is 0.241 e. The van der Waals surface area contributed by atoms with Crippen LogP contribution in [0.1, 0.15) is 16.7 Å². The van der Waals surface area contributed by atoms with Crippen molar-refractivity contribution in [3.63, 3.8) is 0 Å². The number of amides is 1. The minimum absolute atomic E-state index is 0.211. The van der Waals surface area contributed by atoms with Crippen LogP contribution in [0.3, 0.4) is 0 Å². The van der Waals surface area contributed by atoms with Gasteiger partial charge in [0.05, 0.1) is 24.2 Å². The van der Waals surface area contributed by atoms with E-state index in [0.717, 1.165) is 5.56 Å². The quantitative estimate of drug-likeness (QED) is 0.827. The van der Waals surface area contributed by atoms with Crippen molar-refractivity contribution in [3.05, 3.63) is 53.1 Å². The molecule has 2 rings (SSSR count). The summed E-state index contributed by atoms with van der Waals surface area (Å²) >= 11 is 0. The average Bonchev–Trinajstić information content (AvgIpc) is 2.52. The van der Waals surface area contributed by atoms with Crippen molar-refractivity contribution in [3.8, 4) is 5.75 Å². The molecular weight excluding hydrogens is 340 g/mol. The van der Waals surface area contributed by atoms with Gasteiger partial charge < -0.3 is 10.1 Å². The number of carbonyl (C=O) groups is 1. The van der Waals surface area contributed by atoms with Crippen molar-refractivity contribution in [1.29, 1.82) is 0 Å². The predicted molar refractivity (Wildman–Crippen MR) is 97.5 cm³/mol. The Morgan fingerprint density at radius 3 is 2.28 bits per heavy atom. The summed E-state index contributed by atoms with van der Waals surface area (Å²) in [6, 6.07) is 10.5. The molecule has 0 aliphatic carbocycles. The van der Waals surface area contributed by atoms with Gasteiger partial charge in [-0.15, -0.1) is 0 Å². The van der Waals surface area contributed by atoms with Crippen molar-refractivity contribution in [2.45, 2.75) is 25.7 Å². The second-order valence-electron chi connectivity index (χ2n) is 5.80. The minimum Gasteiger partial charge on any atom is -0.495 e. The topological polar surface area (TPSA) is 84.5 Å². The number of hydrogen-bond acceptors (Lipinski definition) is 4. The van der Waals surface area contributed by atoms with Gasteiger partial charge in [0.2, 0.25) is 15.9 Å². The van der Waals surface area contributed by atoms with E-state index in [1.165, 1.54) is 7.11 Å². The van der Waals surface area contributed by atoms with Gasteiger partial charge in [-0.05, 0) is 44.0 Å². The number of ether oxygens (including phenoxy) is 1. The molecule has 1 amide bonds. The fourth-order valence-corrected chi connectivity index (χ4v) is 4.20. The third-order valence-corrected chi connectivity index (χ3v) is 5.38. The first-order valence-electron chi connectivity index (χ1n) is 7.75. The number of nitrogens with one attached hydrogen (secondary N) is 2. The summed E-state index contributed by atoms with van der Waals surface area (Å²) in [6.07, 6.45) is 0. The number of anilines is 1. The molecular formula is C18H22N2O4S. The SMILES string of the molecule is COc1ccccc1NC(=O)CNS(=O)(=O)c1c(C)cc(C)cc1C. The maximum absolute atomic E-state index is 12.5. The Bertz CT molecular complexity index is 869. The Labute approximate surface area is 148 Å². The zero-order valence-electron chi connectivity index (χ0n) is 14.7. The highest BCUT2D eigenvalue weighted by Gasteiger charge is 2.21. The lowest BCUT2D eigenvalue weighted by Gasteiger charge is -2.14. The van der Waals surface area contributed by atoms with Crippen LogP contribution in [-0.2, 0) is 14.8 Å². The lowest BCUT2D eigenvalue weighted by molar-refractivity contribution is -0.115. The number of para-hydroxylation sites is 2.